The van der Waals surface area contributed by atoms with Crippen LogP contribution < -0.4 is 0 Å². The minimum Gasteiger partial charge on any atom is -0.269 e. The normalized spacial score (nSPS) is 12.9. The molecule has 0 aromatic heterocycles. The molecule has 1 rings (SSSR count). The first-order valence-corrected chi connectivity index (χ1v) is 6.87. The summed E-state index contributed by atoms with van der Waals surface area (Å²) < 4.78 is 0. The maximum absolute atomic E-state index is 3.42. The summed E-state index contributed by atoms with van der Waals surface area (Å²) in [7, 11) is 0.201. The van der Waals surface area contributed by atoms with E-state index in [2.05, 4.69) is 45.4 Å². The summed E-state index contributed by atoms with van der Waals surface area (Å²) >= 11 is 0. The molecule has 0 atom stereocenters. The van der Waals surface area contributed by atoms with Crippen molar-refractivity contribution < 1.29 is 26.2 Å². The van der Waals surface area contributed by atoms with Crippen LogP contribution >= 0.6 is 45.1 Å². The van der Waals surface area contributed by atoms with Gasteiger partial charge in [0.2, 0.25) is 0 Å². The Kier molecular flexibility index (Phi) is 19.3. The van der Waals surface area contributed by atoms with E-state index in [-0.39, 0.29) is 71.3 Å². The smallest absolute Gasteiger partial charge is 0 e. The van der Waals surface area contributed by atoms with Crippen LogP contribution in [0.4, 0.5) is 0 Å². The van der Waals surface area contributed by atoms with Crippen LogP contribution in [0.3, 0.4) is 0 Å². The van der Waals surface area contributed by atoms with Crippen molar-refractivity contribution in [2.45, 2.75) is 20.3 Å². The molecule has 0 fully saturated rings. The van der Waals surface area contributed by atoms with Gasteiger partial charge >= 0.3 is 0 Å². The van der Waals surface area contributed by atoms with Gasteiger partial charge < -0.3 is 0 Å². The summed E-state index contributed by atoms with van der Waals surface area (Å²) in [5.74, 6) is 0. The van der Waals surface area contributed by atoms with E-state index in [1.165, 1.54) is 11.7 Å². The second-order valence-corrected chi connectivity index (χ2v) is 6.79. The fraction of sp³-hybridized carbons (Fsp3) is 0.636. The molecule has 0 N–H and O–H groups in total. The Labute approximate surface area is 139 Å². The number of rotatable bonds is 3. The molecule has 0 nitrogen and oxygen atoms in total. The molecule has 96 valence electrons. The fourth-order valence-corrected chi connectivity index (χ4v) is 3.50. The van der Waals surface area contributed by atoms with E-state index in [4.69, 9.17) is 0 Å². The average molecular weight is 382 g/mol. The van der Waals surface area contributed by atoms with Crippen LogP contribution in [-0.2, 0) is 26.2 Å². The zero-order valence-corrected chi connectivity index (χ0v) is 16.0. The fourth-order valence-electron chi connectivity index (χ4n) is 1.75. The van der Waals surface area contributed by atoms with Gasteiger partial charge in [-0.2, -0.15) is 6.08 Å². The molecule has 0 radical (unpaired) electrons. The Balaban J connectivity index is -0.000000180. The van der Waals surface area contributed by atoms with Crippen LogP contribution in [0.2, 0.25) is 0 Å². The molecular formula is C11H21Cl3PZr-. The van der Waals surface area contributed by atoms with Crippen molar-refractivity contribution in [2.24, 2.45) is 5.41 Å². The topological polar surface area (TPSA) is 0 Å². The van der Waals surface area contributed by atoms with Crippen LogP contribution in [-0.4, -0.2) is 19.5 Å². The Hall–Kier alpha value is 1.66. The first-order valence-electron chi connectivity index (χ1n) is 4.45. The summed E-state index contributed by atoms with van der Waals surface area (Å²) in [4.78, 5) is 0. The van der Waals surface area contributed by atoms with Crippen LogP contribution in [0.1, 0.15) is 20.3 Å². The van der Waals surface area contributed by atoms with Gasteiger partial charge in [0.05, 0.1) is 0 Å². The number of hydrogen-bond acceptors (Lipinski definition) is 0. The summed E-state index contributed by atoms with van der Waals surface area (Å²) in [6.45, 7) is 9.34. The second-order valence-electron chi connectivity index (χ2n) is 4.32. The van der Waals surface area contributed by atoms with Gasteiger partial charge in [-0.15, -0.1) is 51.6 Å². The Morgan fingerprint density at radius 3 is 2.06 bits per heavy atom. The largest absolute Gasteiger partial charge is 0.269 e. The van der Waals surface area contributed by atoms with Crippen LogP contribution in [0, 0.1) is 11.5 Å². The number of halogens is 3. The van der Waals surface area contributed by atoms with Crippen molar-refractivity contribution in [3.05, 3.63) is 23.8 Å². The first-order chi connectivity index (χ1) is 5.52. The molecular weight excluding hydrogens is 361 g/mol. The zero-order valence-electron chi connectivity index (χ0n) is 10.2. The molecule has 0 saturated carbocycles. The monoisotopic (exact) mass is 379 g/mol. The van der Waals surface area contributed by atoms with Crippen molar-refractivity contribution in [2.75, 3.05) is 19.5 Å². The molecule has 1 aliphatic carbocycles. The van der Waals surface area contributed by atoms with Gasteiger partial charge in [0.1, 0.15) is 0 Å². The van der Waals surface area contributed by atoms with E-state index in [9.17, 15) is 0 Å². The molecule has 0 heterocycles. The third kappa shape index (κ3) is 8.71. The van der Waals surface area contributed by atoms with Crippen molar-refractivity contribution in [3.63, 3.8) is 0 Å². The quantitative estimate of drug-likeness (QED) is 0.490. The van der Waals surface area contributed by atoms with Crippen LogP contribution in [0.15, 0.2) is 17.7 Å². The predicted molar refractivity (Wildman–Crippen MR) is 79.7 cm³/mol. The van der Waals surface area contributed by atoms with Gasteiger partial charge in [-0.05, 0) is 24.9 Å². The maximum Gasteiger partial charge on any atom is 0 e. The van der Waals surface area contributed by atoms with E-state index >= 15 is 0 Å². The third-order valence-electron chi connectivity index (χ3n) is 2.14. The molecule has 16 heavy (non-hydrogen) atoms. The number of hydrogen-bond donors (Lipinski definition) is 0. The van der Waals surface area contributed by atoms with Crippen LogP contribution in [0.25, 0.3) is 0 Å². The zero-order chi connectivity index (χ0) is 9.19. The van der Waals surface area contributed by atoms with Crippen molar-refractivity contribution in [3.8, 4) is 0 Å². The molecule has 0 bridgehead atoms. The molecule has 0 aromatic carbocycles. The molecule has 0 unspecified atom stereocenters. The van der Waals surface area contributed by atoms with E-state index in [1.54, 1.807) is 0 Å². The molecule has 0 saturated heterocycles. The molecule has 0 aromatic rings. The predicted octanol–water partition coefficient (Wildman–Crippen LogP) is 4.71. The van der Waals surface area contributed by atoms with Gasteiger partial charge in [0.25, 0.3) is 0 Å². The standard InChI is InChI=1S/C11H18P.3ClH.Zr/c1-11(2,9-12(3)4)10-7-5-6-8-10;;;;/h5,7H,6,9H2,1-4H3;3*1H;/q-1;;;;. The molecule has 0 amide bonds. The summed E-state index contributed by atoms with van der Waals surface area (Å²) in [5.41, 5.74) is 1.76. The van der Waals surface area contributed by atoms with Crippen LogP contribution in [0.5, 0.6) is 0 Å². The summed E-state index contributed by atoms with van der Waals surface area (Å²) in [6, 6.07) is 0. The van der Waals surface area contributed by atoms with E-state index in [0.717, 1.165) is 6.42 Å². The van der Waals surface area contributed by atoms with Gasteiger partial charge in [-0.25, -0.2) is 11.6 Å². The minimum atomic E-state index is 0. The Morgan fingerprint density at radius 1 is 1.25 bits per heavy atom. The average Bonchev–Trinajstić information content (AvgIpc) is 2.32. The van der Waals surface area contributed by atoms with Crippen molar-refractivity contribution in [1.29, 1.82) is 0 Å². The Bertz CT molecular complexity index is 225. The van der Waals surface area contributed by atoms with E-state index in [1.807, 2.05) is 0 Å². The van der Waals surface area contributed by atoms with Gasteiger partial charge in [-0.1, -0.05) is 13.8 Å². The third-order valence-corrected chi connectivity index (χ3v) is 3.56. The Morgan fingerprint density at radius 2 is 1.75 bits per heavy atom. The summed E-state index contributed by atoms with van der Waals surface area (Å²) in [5, 5.41) is 0. The van der Waals surface area contributed by atoms with E-state index in [0.29, 0.717) is 5.41 Å². The first kappa shape index (κ1) is 26.3. The van der Waals surface area contributed by atoms with Gasteiger partial charge in [0, 0.05) is 26.2 Å². The molecule has 1 aliphatic rings. The van der Waals surface area contributed by atoms with Crippen molar-refractivity contribution >= 4 is 45.1 Å². The van der Waals surface area contributed by atoms with Gasteiger partial charge in [0.15, 0.2) is 0 Å². The molecule has 0 aliphatic heterocycles. The van der Waals surface area contributed by atoms with Gasteiger partial charge in [-0.3, -0.25) is 6.08 Å². The maximum atomic E-state index is 3.42. The van der Waals surface area contributed by atoms with E-state index < -0.39 is 0 Å². The van der Waals surface area contributed by atoms with Crippen molar-refractivity contribution in [1.82, 2.24) is 0 Å². The molecule has 5 heteroatoms. The SMILES string of the molecule is CP(C)CC(C)(C)C1=[C-]CC=C1.Cl.Cl.Cl.[Zr]. The summed E-state index contributed by atoms with van der Waals surface area (Å²) in [6.07, 6.45) is 10.2. The second kappa shape index (κ2) is 11.7. The number of allylic oxidation sites excluding steroid dienone is 4. The molecule has 0 spiro atoms. The minimum absolute atomic E-state index is 0.